The minimum absolute atomic E-state index is 0.212. The van der Waals surface area contributed by atoms with Crippen molar-refractivity contribution in [1.82, 2.24) is 9.55 Å². The molecule has 3 aromatic rings. The normalized spacial score (nSPS) is 10.7. The summed E-state index contributed by atoms with van der Waals surface area (Å²) in [5, 5.41) is 0.346. The largest absolute Gasteiger partial charge is 0.287 e. The number of halogens is 2. The zero-order valence-electron chi connectivity index (χ0n) is 11.9. The minimum atomic E-state index is -0.274. The monoisotopic (exact) mass is 390 g/mol. The van der Waals surface area contributed by atoms with Crippen LogP contribution in [0.5, 0.6) is 0 Å². The molecule has 0 saturated heterocycles. The Balaban J connectivity index is 1.87. The van der Waals surface area contributed by atoms with Crippen molar-refractivity contribution in [2.45, 2.75) is 10.8 Å². The van der Waals surface area contributed by atoms with Crippen LogP contribution < -0.4 is 5.56 Å². The van der Waals surface area contributed by atoms with Crippen LogP contribution in [0.1, 0.15) is 5.56 Å². The predicted molar refractivity (Wildman–Crippen MR) is 93.5 cm³/mol. The van der Waals surface area contributed by atoms with Crippen molar-refractivity contribution in [3.8, 4) is 5.69 Å². The number of aromatic nitrogens is 2. The van der Waals surface area contributed by atoms with Crippen LogP contribution in [-0.4, -0.2) is 9.55 Å². The average Bonchev–Trinajstić information content (AvgIpc) is 2.56. The molecule has 0 atom stereocenters. The van der Waals surface area contributed by atoms with Gasteiger partial charge in [-0.05, 0) is 35.9 Å². The molecule has 0 amide bonds. The molecule has 0 N–H and O–H groups in total. The molecular weight excluding hydrogens is 379 g/mol. The lowest BCUT2D eigenvalue weighted by atomic mass is 10.2. The van der Waals surface area contributed by atoms with Crippen LogP contribution in [0.15, 0.2) is 75.2 Å². The highest BCUT2D eigenvalue weighted by Gasteiger charge is 2.09. The molecule has 0 spiro atoms. The Morgan fingerprint density at radius 3 is 2.61 bits per heavy atom. The lowest BCUT2D eigenvalue weighted by molar-refractivity contribution is 0.617. The molecular formula is C17H12BrFN2OS. The lowest BCUT2D eigenvalue weighted by Crippen LogP contribution is -2.20. The van der Waals surface area contributed by atoms with Gasteiger partial charge in [-0.2, -0.15) is 0 Å². The van der Waals surface area contributed by atoms with Gasteiger partial charge in [0.25, 0.3) is 5.56 Å². The van der Waals surface area contributed by atoms with Gasteiger partial charge in [0.05, 0.1) is 0 Å². The van der Waals surface area contributed by atoms with E-state index in [1.807, 2.05) is 24.3 Å². The molecule has 0 aliphatic carbocycles. The summed E-state index contributed by atoms with van der Waals surface area (Å²) in [7, 11) is 0. The summed E-state index contributed by atoms with van der Waals surface area (Å²) >= 11 is 4.60. The average molecular weight is 391 g/mol. The molecule has 3 rings (SSSR count). The molecule has 0 saturated carbocycles. The van der Waals surface area contributed by atoms with Crippen molar-refractivity contribution in [2.75, 3.05) is 0 Å². The lowest BCUT2D eigenvalue weighted by Gasteiger charge is -2.07. The van der Waals surface area contributed by atoms with E-state index in [1.54, 1.807) is 30.6 Å². The van der Waals surface area contributed by atoms with Crippen LogP contribution in [0, 0.1) is 5.82 Å². The first-order chi connectivity index (χ1) is 11.1. The first-order valence-corrected chi connectivity index (χ1v) is 8.63. The van der Waals surface area contributed by atoms with Crippen LogP contribution in [0.25, 0.3) is 5.69 Å². The predicted octanol–water partition coefficient (Wildman–Crippen LogP) is 4.43. The molecule has 2 aromatic carbocycles. The highest BCUT2D eigenvalue weighted by molar-refractivity contribution is 9.10. The quantitative estimate of drug-likeness (QED) is 0.618. The van der Waals surface area contributed by atoms with E-state index in [0.717, 1.165) is 10.2 Å². The van der Waals surface area contributed by atoms with Gasteiger partial charge >= 0.3 is 0 Å². The van der Waals surface area contributed by atoms with E-state index >= 15 is 0 Å². The molecule has 1 heterocycles. The summed E-state index contributed by atoms with van der Waals surface area (Å²) in [6.45, 7) is 0. The van der Waals surface area contributed by atoms with Crippen LogP contribution in [-0.2, 0) is 5.75 Å². The number of hydrogen-bond donors (Lipinski definition) is 0. The Bertz CT molecular complexity index is 880. The molecule has 3 nitrogen and oxygen atoms in total. The topological polar surface area (TPSA) is 34.9 Å². The number of rotatable bonds is 4. The number of hydrogen-bond acceptors (Lipinski definition) is 3. The molecule has 0 aliphatic heterocycles. The van der Waals surface area contributed by atoms with Crippen molar-refractivity contribution in [3.63, 3.8) is 0 Å². The van der Waals surface area contributed by atoms with Gasteiger partial charge in [0.15, 0.2) is 5.03 Å². The Morgan fingerprint density at radius 2 is 1.87 bits per heavy atom. The fraction of sp³-hybridized carbons (Fsp3) is 0.0588. The highest BCUT2D eigenvalue weighted by Crippen LogP contribution is 2.20. The third kappa shape index (κ3) is 3.71. The third-order valence-electron chi connectivity index (χ3n) is 3.24. The van der Waals surface area contributed by atoms with Gasteiger partial charge in [-0.1, -0.05) is 45.9 Å². The van der Waals surface area contributed by atoms with Gasteiger partial charge in [0.1, 0.15) is 5.82 Å². The van der Waals surface area contributed by atoms with Crippen LogP contribution in [0.2, 0.25) is 0 Å². The number of thioether (sulfide) groups is 1. The third-order valence-corrected chi connectivity index (χ3v) is 4.77. The van der Waals surface area contributed by atoms with Gasteiger partial charge in [0.2, 0.25) is 0 Å². The fourth-order valence-corrected chi connectivity index (χ4v) is 3.21. The highest BCUT2D eigenvalue weighted by atomic mass is 79.9. The van der Waals surface area contributed by atoms with E-state index < -0.39 is 0 Å². The molecule has 6 heteroatoms. The van der Waals surface area contributed by atoms with Crippen molar-refractivity contribution in [1.29, 1.82) is 0 Å². The van der Waals surface area contributed by atoms with E-state index in [0.29, 0.717) is 16.3 Å². The molecule has 0 radical (unpaired) electrons. The van der Waals surface area contributed by atoms with Gasteiger partial charge in [-0.3, -0.25) is 9.36 Å². The molecule has 0 unspecified atom stereocenters. The molecule has 0 bridgehead atoms. The summed E-state index contributed by atoms with van der Waals surface area (Å²) in [5.74, 6) is 0.0865. The second kappa shape index (κ2) is 7.10. The van der Waals surface area contributed by atoms with Gasteiger partial charge in [0, 0.05) is 28.3 Å². The molecule has 1 aromatic heterocycles. The maximum Gasteiger partial charge on any atom is 0.287 e. The standard InChI is InChI=1S/C17H12BrFN2OS/c18-13-5-7-14(8-6-13)21-10-9-20-16(17(21)22)23-11-12-3-1-2-4-15(12)19/h1-10H,11H2. The minimum Gasteiger partial charge on any atom is -0.280 e. The molecule has 0 aliphatic rings. The Kier molecular flexibility index (Phi) is 4.93. The van der Waals surface area contributed by atoms with Gasteiger partial charge < -0.3 is 0 Å². The summed E-state index contributed by atoms with van der Waals surface area (Å²) in [4.78, 5) is 16.7. The molecule has 116 valence electrons. The zero-order valence-corrected chi connectivity index (χ0v) is 14.3. The Labute approximate surface area is 145 Å². The first kappa shape index (κ1) is 16.0. The van der Waals surface area contributed by atoms with Gasteiger partial charge in [-0.25, -0.2) is 9.37 Å². The summed E-state index contributed by atoms with van der Waals surface area (Å²) in [6.07, 6.45) is 3.20. The van der Waals surface area contributed by atoms with Crippen molar-refractivity contribution in [2.24, 2.45) is 0 Å². The summed E-state index contributed by atoms with van der Waals surface area (Å²) in [5.41, 5.74) is 1.10. The molecule has 0 fully saturated rings. The van der Waals surface area contributed by atoms with Crippen LogP contribution >= 0.6 is 27.7 Å². The van der Waals surface area contributed by atoms with Gasteiger partial charge in [-0.15, -0.1) is 0 Å². The zero-order chi connectivity index (χ0) is 16.2. The second-order valence-electron chi connectivity index (χ2n) is 4.76. The first-order valence-electron chi connectivity index (χ1n) is 6.85. The van der Waals surface area contributed by atoms with E-state index in [2.05, 4.69) is 20.9 Å². The maximum atomic E-state index is 13.7. The SMILES string of the molecule is O=c1c(SCc2ccccc2F)nccn1-c1ccc(Br)cc1. The van der Waals surface area contributed by atoms with E-state index in [4.69, 9.17) is 0 Å². The van der Waals surface area contributed by atoms with Crippen LogP contribution in [0.3, 0.4) is 0 Å². The Morgan fingerprint density at radius 1 is 1.13 bits per heavy atom. The fourth-order valence-electron chi connectivity index (χ4n) is 2.06. The summed E-state index contributed by atoms with van der Waals surface area (Å²) < 4.78 is 16.1. The summed E-state index contributed by atoms with van der Waals surface area (Å²) in [6, 6.07) is 14.0. The van der Waals surface area contributed by atoms with Crippen LogP contribution in [0.4, 0.5) is 4.39 Å². The van der Waals surface area contributed by atoms with Crippen molar-refractivity contribution in [3.05, 3.63) is 87.1 Å². The smallest absolute Gasteiger partial charge is 0.280 e. The number of nitrogens with zero attached hydrogens (tertiary/aromatic N) is 2. The maximum absolute atomic E-state index is 13.7. The Hall–Kier alpha value is -1.92. The van der Waals surface area contributed by atoms with Crippen molar-refractivity contribution < 1.29 is 4.39 Å². The number of benzene rings is 2. The molecule has 23 heavy (non-hydrogen) atoms. The van der Waals surface area contributed by atoms with E-state index in [1.165, 1.54) is 22.4 Å². The van der Waals surface area contributed by atoms with E-state index in [-0.39, 0.29) is 11.4 Å². The van der Waals surface area contributed by atoms with E-state index in [9.17, 15) is 9.18 Å². The second-order valence-corrected chi connectivity index (χ2v) is 6.64. The van der Waals surface area contributed by atoms with Crippen molar-refractivity contribution >= 4 is 27.7 Å².